The first kappa shape index (κ1) is 20.2. The second-order valence-electron chi connectivity index (χ2n) is 7.61. The summed E-state index contributed by atoms with van der Waals surface area (Å²) in [6, 6.07) is 0. The highest BCUT2D eigenvalue weighted by molar-refractivity contribution is 6.90. The monoisotopic (exact) mass is 310 g/mol. The van der Waals surface area contributed by atoms with E-state index in [0.29, 0.717) is 23.0 Å². The van der Waals surface area contributed by atoms with Gasteiger partial charge in [0.1, 0.15) is 8.07 Å². The Balaban J connectivity index is 5.35. The highest BCUT2D eigenvalue weighted by Gasteiger charge is 2.41. The van der Waals surface area contributed by atoms with Crippen LogP contribution >= 0.6 is 0 Å². The molecule has 21 heavy (non-hydrogen) atoms. The van der Waals surface area contributed by atoms with Crippen LogP contribution in [0.2, 0.25) is 16.6 Å². The fraction of sp³-hybridized carbons (Fsp3) is 0.833. The molecule has 0 radical (unpaired) electrons. The second kappa shape index (κ2) is 8.03. The van der Waals surface area contributed by atoms with Gasteiger partial charge in [0.2, 0.25) is 0 Å². The SMILES string of the molecule is CCC(C)(CC#C[Si](C(C)C)(C(C)C)C(C)C)CC(=O)O. The molecule has 1 N–H and O–H groups in total. The number of carboxylic acids is 1. The van der Waals surface area contributed by atoms with E-state index >= 15 is 0 Å². The van der Waals surface area contributed by atoms with Crippen LogP contribution in [0.3, 0.4) is 0 Å². The average molecular weight is 311 g/mol. The van der Waals surface area contributed by atoms with Crippen molar-refractivity contribution in [2.24, 2.45) is 5.41 Å². The van der Waals surface area contributed by atoms with Crippen molar-refractivity contribution in [2.75, 3.05) is 0 Å². The maximum absolute atomic E-state index is 11.0. The fourth-order valence-corrected chi connectivity index (χ4v) is 8.78. The third-order valence-corrected chi connectivity index (χ3v) is 11.5. The fourth-order valence-electron chi connectivity index (χ4n) is 3.52. The summed E-state index contributed by atoms with van der Waals surface area (Å²) >= 11 is 0. The van der Waals surface area contributed by atoms with Gasteiger partial charge < -0.3 is 5.11 Å². The lowest BCUT2D eigenvalue weighted by molar-refractivity contribution is -0.139. The molecule has 0 aromatic rings. The van der Waals surface area contributed by atoms with E-state index in [-0.39, 0.29) is 11.8 Å². The number of hydrogen-bond donors (Lipinski definition) is 1. The first-order valence-corrected chi connectivity index (χ1v) is 10.5. The van der Waals surface area contributed by atoms with Gasteiger partial charge in [-0.15, -0.1) is 11.5 Å². The van der Waals surface area contributed by atoms with Crippen LogP contribution in [0, 0.1) is 16.9 Å². The van der Waals surface area contributed by atoms with Crippen LogP contribution in [0.5, 0.6) is 0 Å². The zero-order valence-corrected chi connectivity index (χ0v) is 16.2. The number of carbonyl (C=O) groups is 1. The van der Waals surface area contributed by atoms with Crippen LogP contribution in [-0.4, -0.2) is 19.1 Å². The third kappa shape index (κ3) is 5.18. The van der Waals surface area contributed by atoms with Gasteiger partial charge in [0.25, 0.3) is 0 Å². The predicted molar refractivity (Wildman–Crippen MR) is 94.1 cm³/mol. The van der Waals surface area contributed by atoms with E-state index in [0.717, 1.165) is 6.42 Å². The van der Waals surface area contributed by atoms with Gasteiger partial charge in [0.15, 0.2) is 0 Å². The Labute approximate surface area is 132 Å². The van der Waals surface area contributed by atoms with Gasteiger partial charge >= 0.3 is 5.97 Å². The number of aliphatic carboxylic acids is 1. The van der Waals surface area contributed by atoms with Crippen LogP contribution in [-0.2, 0) is 4.79 Å². The molecule has 0 fully saturated rings. The summed E-state index contributed by atoms with van der Waals surface area (Å²) in [4.78, 5) is 11.0. The number of rotatable bonds is 7. The summed E-state index contributed by atoms with van der Waals surface area (Å²) in [6.45, 7) is 17.9. The summed E-state index contributed by atoms with van der Waals surface area (Å²) in [5.74, 6) is 2.69. The molecule has 2 nitrogen and oxygen atoms in total. The van der Waals surface area contributed by atoms with Crippen molar-refractivity contribution < 1.29 is 9.90 Å². The normalized spacial score (nSPS) is 15.0. The molecule has 0 rings (SSSR count). The van der Waals surface area contributed by atoms with Crippen molar-refractivity contribution in [3.8, 4) is 11.5 Å². The average Bonchev–Trinajstić information content (AvgIpc) is 2.32. The molecule has 0 aromatic carbocycles. The van der Waals surface area contributed by atoms with Crippen molar-refractivity contribution in [2.45, 2.75) is 91.3 Å². The summed E-state index contributed by atoms with van der Waals surface area (Å²) < 4.78 is 0. The Morgan fingerprint density at radius 1 is 1.10 bits per heavy atom. The van der Waals surface area contributed by atoms with E-state index < -0.39 is 14.0 Å². The van der Waals surface area contributed by atoms with E-state index in [1.807, 2.05) is 6.92 Å². The van der Waals surface area contributed by atoms with E-state index in [1.54, 1.807) is 0 Å². The largest absolute Gasteiger partial charge is 0.481 e. The van der Waals surface area contributed by atoms with Gasteiger partial charge in [-0.2, -0.15) is 0 Å². The number of hydrogen-bond acceptors (Lipinski definition) is 1. The molecule has 0 spiro atoms. The molecule has 0 aromatic heterocycles. The van der Waals surface area contributed by atoms with Crippen LogP contribution in [0.25, 0.3) is 0 Å². The smallest absolute Gasteiger partial charge is 0.303 e. The summed E-state index contributed by atoms with van der Waals surface area (Å²) in [7, 11) is -1.69. The Hall–Kier alpha value is -0.753. The van der Waals surface area contributed by atoms with E-state index in [9.17, 15) is 4.79 Å². The van der Waals surface area contributed by atoms with Crippen LogP contribution < -0.4 is 0 Å². The lowest BCUT2D eigenvalue weighted by atomic mass is 9.81. The van der Waals surface area contributed by atoms with Crippen LogP contribution in [0.15, 0.2) is 0 Å². The zero-order valence-electron chi connectivity index (χ0n) is 15.2. The van der Waals surface area contributed by atoms with Gasteiger partial charge in [0, 0.05) is 6.42 Å². The molecule has 0 saturated heterocycles. The highest BCUT2D eigenvalue weighted by atomic mass is 28.3. The zero-order chi connectivity index (χ0) is 16.8. The van der Waals surface area contributed by atoms with Gasteiger partial charge in [-0.3, -0.25) is 4.79 Å². The molecule has 1 atom stereocenters. The molecular weight excluding hydrogens is 276 g/mol. The topological polar surface area (TPSA) is 37.3 Å². The minimum absolute atomic E-state index is 0.204. The standard InChI is InChI=1S/C18H34O2Si/c1-9-18(8,13-17(19)20)11-10-12-21(14(2)3,15(4)5)16(6)7/h14-16H,9,11,13H2,1-8H3,(H,19,20). The molecule has 0 aliphatic heterocycles. The van der Waals surface area contributed by atoms with Gasteiger partial charge in [-0.1, -0.05) is 55.4 Å². The lowest BCUT2D eigenvalue weighted by Gasteiger charge is -2.38. The predicted octanol–water partition coefficient (Wildman–Crippen LogP) is 5.49. The van der Waals surface area contributed by atoms with Gasteiger partial charge in [0.05, 0.1) is 6.42 Å². The molecule has 1 unspecified atom stereocenters. The summed E-state index contributed by atoms with van der Waals surface area (Å²) in [5, 5.41) is 9.06. The van der Waals surface area contributed by atoms with Gasteiger partial charge in [-0.25, -0.2) is 0 Å². The van der Waals surface area contributed by atoms with Crippen molar-refractivity contribution >= 4 is 14.0 Å². The second-order valence-corrected chi connectivity index (χ2v) is 13.2. The minimum atomic E-state index is -1.69. The molecule has 122 valence electrons. The van der Waals surface area contributed by atoms with Crippen molar-refractivity contribution in [1.82, 2.24) is 0 Å². The van der Waals surface area contributed by atoms with E-state index in [1.165, 1.54) is 0 Å². The van der Waals surface area contributed by atoms with Crippen LogP contribution in [0.4, 0.5) is 0 Å². The maximum Gasteiger partial charge on any atom is 0.303 e. The molecule has 0 saturated carbocycles. The Morgan fingerprint density at radius 3 is 1.81 bits per heavy atom. The first-order valence-electron chi connectivity index (χ1n) is 8.23. The lowest BCUT2D eigenvalue weighted by Crippen LogP contribution is -2.43. The van der Waals surface area contributed by atoms with Gasteiger partial charge in [-0.05, 0) is 28.5 Å². The third-order valence-electron chi connectivity index (χ3n) is 5.12. The molecule has 0 heterocycles. The highest BCUT2D eigenvalue weighted by Crippen LogP contribution is 2.41. The molecular formula is C18H34O2Si. The molecule has 3 heteroatoms. The molecule has 0 aliphatic carbocycles. The van der Waals surface area contributed by atoms with Crippen molar-refractivity contribution in [3.05, 3.63) is 0 Å². The minimum Gasteiger partial charge on any atom is -0.481 e. The van der Waals surface area contributed by atoms with E-state index in [2.05, 4.69) is 59.9 Å². The Kier molecular flexibility index (Phi) is 7.74. The summed E-state index contributed by atoms with van der Waals surface area (Å²) in [6.07, 6.45) is 1.75. The summed E-state index contributed by atoms with van der Waals surface area (Å²) in [5.41, 5.74) is 5.35. The quantitative estimate of drug-likeness (QED) is 0.499. The Morgan fingerprint density at radius 2 is 1.52 bits per heavy atom. The van der Waals surface area contributed by atoms with E-state index in [4.69, 9.17) is 5.11 Å². The molecule has 0 amide bonds. The van der Waals surface area contributed by atoms with Crippen molar-refractivity contribution in [3.63, 3.8) is 0 Å². The molecule has 0 bridgehead atoms. The number of carboxylic acid groups (broad SMARTS) is 1. The van der Waals surface area contributed by atoms with Crippen molar-refractivity contribution in [1.29, 1.82) is 0 Å². The molecule has 0 aliphatic rings. The first-order chi connectivity index (χ1) is 9.51. The maximum atomic E-state index is 11.0. The van der Waals surface area contributed by atoms with Crippen LogP contribution in [0.1, 0.15) is 74.7 Å². The Bertz CT molecular complexity index is 379.